The van der Waals surface area contributed by atoms with E-state index in [4.69, 9.17) is 10.8 Å². The van der Waals surface area contributed by atoms with E-state index in [0.29, 0.717) is 30.3 Å². The predicted octanol–water partition coefficient (Wildman–Crippen LogP) is 4.22. The number of nitrogens with one attached hydrogen (secondary N) is 1. The van der Waals surface area contributed by atoms with E-state index in [1.165, 1.54) is 0 Å². The number of piperidine rings is 1. The fourth-order valence-electron chi connectivity index (χ4n) is 5.96. The van der Waals surface area contributed by atoms with Gasteiger partial charge in [0.1, 0.15) is 17.7 Å². The van der Waals surface area contributed by atoms with Gasteiger partial charge < -0.3 is 10.2 Å². The Morgan fingerprint density at radius 1 is 1.18 bits per heavy atom. The van der Waals surface area contributed by atoms with Crippen molar-refractivity contribution in [3.8, 4) is 0 Å². The molecule has 206 valence electrons. The molecule has 5 heterocycles. The number of hydrogen-bond donors (Lipinski definition) is 2. The largest absolute Gasteiger partial charge is 0.416 e. The molecule has 4 aliphatic heterocycles. The molecule has 0 bridgehead atoms. The summed E-state index contributed by atoms with van der Waals surface area (Å²) in [6.07, 6.45) is 3.85. The number of allylic oxidation sites excluding steroid dienone is 1. The first kappa shape index (κ1) is 26.1. The molecule has 12 heteroatoms. The minimum Gasteiger partial charge on any atom is -0.339 e. The van der Waals surface area contributed by atoms with Crippen molar-refractivity contribution >= 4 is 29.7 Å². The summed E-state index contributed by atoms with van der Waals surface area (Å²) >= 11 is 0. The number of hydrogen-bond acceptors (Lipinski definition) is 6. The Hall–Kier alpha value is -4.16. The Bertz CT molecular complexity index is 1510. The van der Waals surface area contributed by atoms with Crippen LogP contribution in [0.4, 0.5) is 19.0 Å². The number of rotatable bonds is 4. The number of carbonyl (C=O) groups excluding carboxylic acids is 2. The summed E-state index contributed by atoms with van der Waals surface area (Å²) in [6.45, 7) is 2.71. The summed E-state index contributed by atoms with van der Waals surface area (Å²) < 4.78 is 38.8. The Kier molecular flexibility index (Phi) is 6.19. The highest BCUT2D eigenvalue weighted by atomic mass is 19.4. The quantitative estimate of drug-likeness (QED) is 0.439. The molecule has 9 nitrogen and oxygen atoms in total. The highest BCUT2D eigenvalue weighted by Crippen LogP contribution is 2.41. The number of quaternary nitrogens is 1. The highest BCUT2D eigenvalue weighted by Gasteiger charge is 2.49. The summed E-state index contributed by atoms with van der Waals surface area (Å²) in [5.74, 6) is 7.13. The second kappa shape index (κ2) is 9.49. The maximum Gasteiger partial charge on any atom is 0.416 e. The Morgan fingerprint density at radius 3 is 2.70 bits per heavy atom. The molecule has 2 saturated heterocycles. The molecule has 0 radical (unpaired) electrons. The molecule has 3 N–H and O–H groups in total. The van der Waals surface area contributed by atoms with E-state index in [-0.39, 0.29) is 33.8 Å². The number of nitrogens with two attached hydrogens (primary N) is 1. The molecule has 2 aromatic rings. The summed E-state index contributed by atoms with van der Waals surface area (Å²) in [5.41, 5.74) is 1.53. The van der Waals surface area contributed by atoms with Crippen molar-refractivity contribution in [1.82, 2.24) is 9.88 Å². The van der Waals surface area contributed by atoms with E-state index >= 15 is 0 Å². The zero-order valence-electron chi connectivity index (χ0n) is 21.6. The summed E-state index contributed by atoms with van der Waals surface area (Å²) in [4.78, 5) is 40.4. The molecular weight excluding hydrogens is 523 g/mol. The second-order valence-corrected chi connectivity index (χ2v) is 10.6. The molecule has 2 fully saturated rings. The number of halogens is 3. The van der Waals surface area contributed by atoms with Crippen molar-refractivity contribution in [2.24, 2.45) is 27.7 Å². The van der Waals surface area contributed by atoms with Crippen LogP contribution in [0.25, 0.3) is 0 Å². The molecule has 1 aromatic heterocycles. The molecule has 0 aliphatic carbocycles. The topological polar surface area (TPSA) is 113 Å². The molecule has 1 unspecified atom stereocenters. The number of benzene rings is 1. The van der Waals surface area contributed by atoms with Crippen LogP contribution in [-0.4, -0.2) is 50.9 Å². The first-order chi connectivity index (χ1) is 19.0. The van der Waals surface area contributed by atoms with Gasteiger partial charge in [-0.1, -0.05) is 6.92 Å². The van der Waals surface area contributed by atoms with Crippen LogP contribution in [0.1, 0.15) is 47.7 Å². The van der Waals surface area contributed by atoms with Crippen LogP contribution in [0, 0.1) is 11.8 Å². The number of amides is 2. The molecule has 4 aliphatic rings. The predicted molar refractivity (Wildman–Crippen MR) is 141 cm³/mol. The van der Waals surface area contributed by atoms with Crippen LogP contribution >= 0.6 is 0 Å². The summed E-state index contributed by atoms with van der Waals surface area (Å²) in [5, 5.41) is 2.41. The van der Waals surface area contributed by atoms with Gasteiger partial charge in [0.25, 0.3) is 11.7 Å². The standard InChI is InChI=1S/C28H26F3N7O2/c1-16-12-24(39)37-15-19(6-7-21(16)37)25-22-14-33-10-11-38(22,32)26(36-25)17-2-4-18(5-3-17)27(40)35-23-13-20(8-9-34-23)28(29,30)31/h2-5,8-11,13-14,16,19,21H,6-7,12,15,32H2,1H3/p+1/t16-,19-,21+,38?/m1/s1. The molecule has 1 aromatic carbocycles. The van der Waals surface area contributed by atoms with Gasteiger partial charge in [-0.05, 0) is 55.2 Å². The molecule has 0 spiro atoms. The van der Waals surface area contributed by atoms with Crippen molar-refractivity contribution in [3.63, 3.8) is 0 Å². The Labute approximate surface area is 228 Å². The van der Waals surface area contributed by atoms with Gasteiger partial charge in [0.2, 0.25) is 11.6 Å². The highest BCUT2D eigenvalue weighted by molar-refractivity contribution is 6.05. The lowest BCUT2D eigenvalue weighted by molar-refractivity contribution is -0.750. The van der Waals surface area contributed by atoms with Crippen LogP contribution in [0.5, 0.6) is 0 Å². The Balaban J connectivity index is 1.24. The number of nitrogens with zero attached hydrogens (tertiary/aromatic N) is 5. The van der Waals surface area contributed by atoms with Crippen molar-refractivity contribution in [1.29, 1.82) is 0 Å². The summed E-state index contributed by atoms with van der Waals surface area (Å²) in [7, 11) is 0. The number of aromatic nitrogens is 1. The third-order valence-corrected chi connectivity index (χ3v) is 8.05. The first-order valence-corrected chi connectivity index (χ1v) is 13.0. The third-order valence-electron chi connectivity index (χ3n) is 8.05. The van der Waals surface area contributed by atoms with Gasteiger partial charge in [-0.3, -0.25) is 14.6 Å². The average Bonchev–Trinajstić information content (AvgIpc) is 3.40. The number of pyridine rings is 1. The molecule has 40 heavy (non-hydrogen) atoms. The van der Waals surface area contributed by atoms with E-state index in [1.54, 1.807) is 42.9 Å². The van der Waals surface area contributed by atoms with Crippen LogP contribution in [0.2, 0.25) is 0 Å². The number of fused-ring (bicyclic) bond motifs is 2. The third kappa shape index (κ3) is 4.42. The van der Waals surface area contributed by atoms with Crippen molar-refractivity contribution < 1.29 is 27.4 Å². The smallest absolute Gasteiger partial charge is 0.339 e. The maximum absolute atomic E-state index is 13.0. The van der Waals surface area contributed by atoms with Crippen molar-refractivity contribution in [2.75, 3.05) is 11.9 Å². The van der Waals surface area contributed by atoms with Crippen LogP contribution in [0.15, 0.2) is 76.4 Å². The fourth-order valence-corrected chi connectivity index (χ4v) is 5.96. The summed E-state index contributed by atoms with van der Waals surface area (Å²) in [6, 6.07) is 8.39. The van der Waals surface area contributed by atoms with Gasteiger partial charge in [-0.15, -0.1) is 4.59 Å². The monoisotopic (exact) mass is 550 g/mol. The van der Waals surface area contributed by atoms with Gasteiger partial charge in [0.15, 0.2) is 0 Å². The number of aliphatic imine (C=N–C) groups is 2. The van der Waals surface area contributed by atoms with Gasteiger partial charge >= 0.3 is 6.18 Å². The number of anilines is 1. The lowest BCUT2D eigenvalue weighted by atomic mass is 9.87. The lowest BCUT2D eigenvalue weighted by Gasteiger charge is -2.36. The van der Waals surface area contributed by atoms with Gasteiger partial charge in [0.05, 0.1) is 23.5 Å². The van der Waals surface area contributed by atoms with Gasteiger partial charge in [-0.25, -0.2) is 4.98 Å². The average molecular weight is 551 g/mol. The van der Waals surface area contributed by atoms with E-state index in [0.717, 1.165) is 42.6 Å². The first-order valence-electron chi connectivity index (χ1n) is 13.0. The molecule has 0 saturated carbocycles. The van der Waals surface area contributed by atoms with Gasteiger partial charge in [-0.2, -0.15) is 24.0 Å². The van der Waals surface area contributed by atoms with E-state index in [9.17, 15) is 22.8 Å². The van der Waals surface area contributed by atoms with Crippen LogP contribution < -0.4 is 11.2 Å². The molecule has 4 atom stereocenters. The van der Waals surface area contributed by atoms with Gasteiger partial charge in [0, 0.05) is 36.7 Å². The van der Waals surface area contributed by atoms with Crippen LogP contribution in [0.3, 0.4) is 0 Å². The SMILES string of the molecule is C[C@@H]1CC(=O)N2C[C@H](C3=C4C=NC=C[N+]4(N)C(c4ccc(C(=O)Nc5cc(C(F)(F)F)ccn5)cc4)=N3)CC[C@@H]12. The zero-order chi connectivity index (χ0) is 28.2. The number of amidine groups is 1. The fraction of sp³-hybridized carbons (Fsp3) is 0.321. The molecule has 6 rings (SSSR count). The zero-order valence-corrected chi connectivity index (χ0v) is 21.6. The minimum absolute atomic E-state index is 0.0158. The molecule has 2 amide bonds. The second-order valence-electron chi connectivity index (χ2n) is 10.6. The molecular formula is C28H27F3N7O2+. The number of alkyl halides is 3. The van der Waals surface area contributed by atoms with Crippen molar-refractivity contribution in [2.45, 2.75) is 38.4 Å². The Morgan fingerprint density at radius 2 is 1.95 bits per heavy atom. The maximum atomic E-state index is 13.0. The van der Waals surface area contributed by atoms with E-state index in [1.807, 2.05) is 4.90 Å². The van der Waals surface area contributed by atoms with E-state index < -0.39 is 17.6 Å². The van der Waals surface area contributed by atoms with Crippen LogP contribution in [-0.2, 0) is 11.0 Å². The lowest BCUT2D eigenvalue weighted by Crippen LogP contribution is -2.53. The minimum atomic E-state index is -4.55. The van der Waals surface area contributed by atoms with Crippen molar-refractivity contribution in [3.05, 3.63) is 83.1 Å². The normalized spacial score (nSPS) is 27.5. The number of carbonyl (C=O) groups is 2. The van der Waals surface area contributed by atoms with E-state index in [2.05, 4.69) is 22.2 Å².